The molecule has 0 saturated heterocycles. The van der Waals surface area contributed by atoms with Gasteiger partial charge in [-0.1, -0.05) is 11.2 Å². The van der Waals surface area contributed by atoms with Gasteiger partial charge in [0.05, 0.1) is 24.7 Å². The number of nitrogens with one attached hydrogen (secondary N) is 3. The van der Waals surface area contributed by atoms with Gasteiger partial charge in [0.25, 0.3) is 0 Å². The number of pyridine rings is 2. The fraction of sp³-hybridized carbons (Fsp3) is 0.423. The molecule has 6 N–H and O–H groups in total. The Labute approximate surface area is 229 Å². The van der Waals surface area contributed by atoms with Gasteiger partial charge in [0.1, 0.15) is 28.7 Å². The van der Waals surface area contributed by atoms with E-state index in [1.165, 1.54) is 6.20 Å². The van der Waals surface area contributed by atoms with E-state index in [4.69, 9.17) is 15.0 Å². The SMILES string of the molecule is CCOc1ncc(-c2cccc(NC[C@H](C)N3CNC(N)=C3C(C)(O)NCc3cc(C)on3)n2)cc1C(F)(F)F. The number of halogens is 3. The zero-order chi connectivity index (χ0) is 29.1. The molecular formula is C26H33F3N8O3. The lowest BCUT2D eigenvalue weighted by molar-refractivity contribution is -0.139. The molecule has 0 aliphatic carbocycles. The van der Waals surface area contributed by atoms with Crippen molar-refractivity contribution in [2.24, 2.45) is 5.73 Å². The summed E-state index contributed by atoms with van der Waals surface area (Å²) >= 11 is 0. The zero-order valence-corrected chi connectivity index (χ0v) is 22.6. The van der Waals surface area contributed by atoms with Crippen molar-refractivity contribution < 1.29 is 27.5 Å². The summed E-state index contributed by atoms with van der Waals surface area (Å²) in [6.07, 6.45) is -3.32. The van der Waals surface area contributed by atoms with E-state index < -0.39 is 23.3 Å². The summed E-state index contributed by atoms with van der Waals surface area (Å²) in [6, 6.07) is 7.61. The van der Waals surface area contributed by atoms with Crippen LogP contribution in [-0.2, 0) is 12.7 Å². The maximum atomic E-state index is 13.6. The molecule has 0 bridgehead atoms. The van der Waals surface area contributed by atoms with Gasteiger partial charge in [-0.25, -0.2) is 9.97 Å². The van der Waals surface area contributed by atoms with Crippen LogP contribution < -0.4 is 26.4 Å². The maximum Gasteiger partial charge on any atom is 0.421 e. The van der Waals surface area contributed by atoms with Gasteiger partial charge in [0, 0.05) is 37.0 Å². The Bertz CT molecular complexity index is 1360. The van der Waals surface area contributed by atoms with Crippen LogP contribution >= 0.6 is 0 Å². The van der Waals surface area contributed by atoms with E-state index in [2.05, 4.69) is 31.1 Å². The van der Waals surface area contributed by atoms with E-state index in [9.17, 15) is 18.3 Å². The highest BCUT2D eigenvalue weighted by atomic mass is 19.4. The van der Waals surface area contributed by atoms with Crippen molar-refractivity contribution in [3.8, 4) is 17.1 Å². The smallest absolute Gasteiger partial charge is 0.421 e. The molecule has 4 rings (SSSR count). The molecule has 0 amide bonds. The molecule has 0 aromatic carbocycles. The van der Waals surface area contributed by atoms with Crippen molar-refractivity contribution >= 4 is 5.82 Å². The minimum absolute atomic E-state index is 0.0626. The van der Waals surface area contributed by atoms with E-state index >= 15 is 0 Å². The fourth-order valence-corrected chi connectivity index (χ4v) is 4.36. The molecule has 0 spiro atoms. The molecule has 0 fully saturated rings. The van der Waals surface area contributed by atoms with Crippen LogP contribution in [-0.4, -0.2) is 56.7 Å². The Balaban J connectivity index is 1.45. The summed E-state index contributed by atoms with van der Waals surface area (Å²) in [6.45, 7) is 8.01. The van der Waals surface area contributed by atoms with Gasteiger partial charge in [-0.3, -0.25) is 5.32 Å². The standard InChI is InChI=1S/C26H33F3N8O3/c1-5-39-24-19(26(27,28)29)10-17(12-32-24)20-7-6-8-21(35-20)31-11-15(2)37-14-33-23(30)22(37)25(4,38)34-13-18-9-16(3)40-36-18/h6-10,12,15,33-34,38H,5,11,13-14,30H2,1-4H3,(H,31,35)/t15-,25?/m0/s1. The highest BCUT2D eigenvalue weighted by molar-refractivity contribution is 5.62. The van der Waals surface area contributed by atoms with E-state index in [-0.39, 0.29) is 24.8 Å². The number of ether oxygens (including phenoxy) is 1. The first-order valence-corrected chi connectivity index (χ1v) is 12.7. The average Bonchev–Trinajstić information content (AvgIpc) is 3.51. The van der Waals surface area contributed by atoms with Crippen LogP contribution in [0.1, 0.15) is 37.8 Å². The zero-order valence-electron chi connectivity index (χ0n) is 22.6. The maximum absolute atomic E-state index is 13.6. The van der Waals surface area contributed by atoms with Crippen molar-refractivity contribution in [3.63, 3.8) is 0 Å². The normalized spacial score (nSPS) is 16.1. The third-order valence-electron chi connectivity index (χ3n) is 6.33. The molecule has 1 unspecified atom stereocenters. The molecule has 14 heteroatoms. The number of rotatable bonds is 11. The molecule has 1 aliphatic heterocycles. The largest absolute Gasteiger partial charge is 0.478 e. The molecule has 216 valence electrons. The van der Waals surface area contributed by atoms with Gasteiger partial charge in [0.15, 0.2) is 5.72 Å². The Hall–Kier alpha value is -4.04. The number of anilines is 1. The van der Waals surface area contributed by atoms with E-state index in [1.807, 2.05) is 11.8 Å². The summed E-state index contributed by atoms with van der Waals surface area (Å²) in [4.78, 5) is 10.3. The van der Waals surface area contributed by atoms with Crippen LogP contribution in [0.2, 0.25) is 0 Å². The lowest BCUT2D eigenvalue weighted by Crippen LogP contribution is -2.51. The number of alkyl halides is 3. The first kappa shape index (κ1) is 29.0. The molecule has 40 heavy (non-hydrogen) atoms. The van der Waals surface area contributed by atoms with Crippen LogP contribution in [0.5, 0.6) is 5.88 Å². The fourth-order valence-electron chi connectivity index (χ4n) is 4.36. The van der Waals surface area contributed by atoms with Crippen LogP contribution in [0.4, 0.5) is 19.0 Å². The van der Waals surface area contributed by atoms with Crippen molar-refractivity contribution in [2.45, 2.75) is 52.2 Å². The van der Waals surface area contributed by atoms with Gasteiger partial charge in [-0.15, -0.1) is 0 Å². The number of aryl methyl sites for hydroxylation is 1. The molecule has 4 heterocycles. The minimum atomic E-state index is -4.63. The summed E-state index contributed by atoms with van der Waals surface area (Å²) < 4.78 is 50.9. The highest BCUT2D eigenvalue weighted by Crippen LogP contribution is 2.37. The Morgan fingerprint density at radius 3 is 2.75 bits per heavy atom. The van der Waals surface area contributed by atoms with Crippen LogP contribution in [0.3, 0.4) is 0 Å². The van der Waals surface area contributed by atoms with Gasteiger partial charge < -0.3 is 35.6 Å². The minimum Gasteiger partial charge on any atom is -0.478 e. The molecule has 3 aromatic rings. The van der Waals surface area contributed by atoms with Gasteiger partial charge >= 0.3 is 6.18 Å². The van der Waals surface area contributed by atoms with Gasteiger partial charge in [-0.2, -0.15) is 13.2 Å². The Morgan fingerprint density at radius 1 is 1.30 bits per heavy atom. The molecule has 3 aromatic heterocycles. The van der Waals surface area contributed by atoms with E-state index in [1.54, 1.807) is 45.0 Å². The third-order valence-corrected chi connectivity index (χ3v) is 6.33. The number of aromatic nitrogens is 3. The molecule has 11 nitrogen and oxygen atoms in total. The number of hydrogen-bond acceptors (Lipinski definition) is 11. The van der Waals surface area contributed by atoms with Crippen molar-refractivity contribution in [3.05, 3.63) is 65.1 Å². The molecule has 0 radical (unpaired) electrons. The second-order valence-electron chi connectivity index (χ2n) is 9.57. The topological polar surface area (TPSA) is 147 Å². The quantitative estimate of drug-likeness (QED) is 0.220. The molecule has 1 aliphatic rings. The summed E-state index contributed by atoms with van der Waals surface area (Å²) in [5.74, 6) is 0.995. The Morgan fingerprint density at radius 2 is 2.08 bits per heavy atom. The van der Waals surface area contributed by atoms with Crippen molar-refractivity contribution in [2.75, 3.05) is 25.1 Å². The lowest BCUT2D eigenvalue weighted by atomic mass is 10.1. The first-order chi connectivity index (χ1) is 18.9. The van der Waals surface area contributed by atoms with Crippen molar-refractivity contribution in [1.29, 1.82) is 0 Å². The predicted molar refractivity (Wildman–Crippen MR) is 141 cm³/mol. The monoisotopic (exact) mass is 562 g/mol. The van der Waals surface area contributed by atoms with Gasteiger partial charge in [0.2, 0.25) is 5.88 Å². The lowest BCUT2D eigenvalue weighted by Gasteiger charge is -2.36. The average molecular weight is 563 g/mol. The van der Waals surface area contributed by atoms with E-state index in [0.29, 0.717) is 47.7 Å². The van der Waals surface area contributed by atoms with Crippen LogP contribution in [0, 0.1) is 6.92 Å². The second kappa shape index (κ2) is 11.6. The summed E-state index contributed by atoms with van der Waals surface area (Å²) in [5, 5.41) is 24.5. The highest BCUT2D eigenvalue weighted by Gasteiger charge is 2.38. The summed E-state index contributed by atoms with van der Waals surface area (Å²) in [5.41, 5.74) is 5.40. The first-order valence-electron chi connectivity index (χ1n) is 12.7. The van der Waals surface area contributed by atoms with E-state index in [0.717, 1.165) is 6.07 Å². The van der Waals surface area contributed by atoms with Crippen LogP contribution in [0.25, 0.3) is 11.3 Å². The van der Waals surface area contributed by atoms with Crippen LogP contribution in [0.15, 0.2) is 52.6 Å². The summed E-state index contributed by atoms with van der Waals surface area (Å²) in [7, 11) is 0. The number of hydrogen-bond donors (Lipinski definition) is 5. The molecular weight excluding hydrogens is 529 g/mol. The number of aliphatic hydroxyl groups is 1. The number of nitrogens with two attached hydrogens (primary N) is 1. The molecule has 0 saturated carbocycles. The molecule has 2 atom stereocenters. The van der Waals surface area contributed by atoms with Crippen molar-refractivity contribution in [1.82, 2.24) is 30.7 Å². The third kappa shape index (κ3) is 6.57. The van der Waals surface area contributed by atoms with Gasteiger partial charge in [-0.05, 0) is 45.9 Å². The predicted octanol–water partition coefficient (Wildman–Crippen LogP) is 3.15. The number of nitrogens with zero attached hydrogens (tertiary/aromatic N) is 4. The second-order valence-corrected chi connectivity index (χ2v) is 9.57. The Kier molecular flexibility index (Phi) is 8.40.